The van der Waals surface area contributed by atoms with Crippen LogP contribution in [-0.4, -0.2) is 35.8 Å². The maximum Gasteiger partial charge on any atom is 0.263 e. The van der Waals surface area contributed by atoms with E-state index < -0.39 is 0 Å². The smallest absolute Gasteiger partial charge is 0.263 e. The second-order valence-electron chi connectivity index (χ2n) is 6.60. The molecule has 1 saturated heterocycles. The first-order valence-electron chi connectivity index (χ1n) is 8.79. The van der Waals surface area contributed by atoms with Crippen LogP contribution in [0.25, 0.3) is 0 Å². The minimum Gasteiger partial charge on any atom is -0.353 e. The largest absolute Gasteiger partial charge is 0.353 e. The molecular weight excluding hydrogens is 332 g/mol. The summed E-state index contributed by atoms with van der Waals surface area (Å²) in [6.07, 6.45) is 2.93. The molecule has 25 heavy (non-hydrogen) atoms. The van der Waals surface area contributed by atoms with Crippen molar-refractivity contribution in [2.45, 2.75) is 38.6 Å². The summed E-state index contributed by atoms with van der Waals surface area (Å²) in [6, 6.07) is 12.3. The Hall–Kier alpha value is -2.14. The van der Waals surface area contributed by atoms with Gasteiger partial charge in [-0.2, -0.15) is 0 Å². The fourth-order valence-corrected chi connectivity index (χ4v) is 3.79. The molecule has 1 N–H and O–H groups in total. The Bertz CT molecular complexity index is 702. The third-order valence-electron chi connectivity index (χ3n) is 4.64. The van der Waals surface area contributed by atoms with Gasteiger partial charge in [0.2, 0.25) is 5.91 Å². The van der Waals surface area contributed by atoms with Crippen molar-refractivity contribution in [3.63, 3.8) is 0 Å². The maximum atomic E-state index is 12.3. The van der Waals surface area contributed by atoms with Crippen LogP contribution in [0.3, 0.4) is 0 Å². The zero-order valence-corrected chi connectivity index (χ0v) is 15.3. The van der Waals surface area contributed by atoms with Crippen molar-refractivity contribution in [3.8, 4) is 0 Å². The monoisotopic (exact) mass is 356 g/mol. The fraction of sp³-hybridized carbons (Fsp3) is 0.400. The molecule has 0 unspecified atom stereocenters. The van der Waals surface area contributed by atoms with E-state index in [-0.39, 0.29) is 17.9 Å². The summed E-state index contributed by atoms with van der Waals surface area (Å²) in [7, 11) is 0. The van der Waals surface area contributed by atoms with Gasteiger partial charge < -0.3 is 10.2 Å². The number of benzene rings is 1. The van der Waals surface area contributed by atoms with Crippen molar-refractivity contribution >= 4 is 23.2 Å². The number of piperidine rings is 1. The lowest BCUT2D eigenvalue weighted by Crippen LogP contribution is -2.46. The Morgan fingerprint density at radius 2 is 1.88 bits per heavy atom. The Morgan fingerprint density at radius 1 is 1.16 bits per heavy atom. The number of hydrogen-bond donors (Lipinski definition) is 1. The maximum absolute atomic E-state index is 12.3. The van der Waals surface area contributed by atoms with E-state index in [0.29, 0.717) is 19.5 Å². The van der Waals surface area contributed by atoms with Gasteiger partial charge in [0.15, 0.2) is 0 Å². The van der Waals surface area contributed by atoms with E-state index in [2.05, 4.69) is 36.5 Å². The summed E-state index contributed by atoms with van der Waals surface area (Å²) in [5.74, 6) is 0.211. The van der Waals surface area contributed by atoms with Crippen LogP contribution in [0.5, 0.6) is 0 Å². The number of nitrogens with zero attached hydrogens (tertiary/aromatic N) is 1. The van der Waals surface area contributed by atoms with Gasteiger partial charge in [0.1, 0.15) is 0 Å². The minimum atomic E-state index is 0.101. The first-order chi connectivity index (χ1) is 12.1. The number of carbonyl (C=O) groups is 2. The number of hydrogen-bond acceptors (Lipinski definition) is 3. The van der Waals surface area contributed by atoms with Crippen LogP contribution < -0.4 is 5.32 Å². The normalized spacial score (nSPS) is 15.2. The lowest BCUT2D eigenvalue weighted by Gasteiger charge is -2.32. The lowest BCUT2D eigenvalue weighted by molar-refractivity contribution is -0.122. The van der Waals surface area contributed by atoms with Gasteiger partial charge in [-0.05, 0) is 43.2 Å². The van der Waals surface area contributed by atoms with Crippen LogP contribution in [-0.2, 0) is 11.2 Å². The average molecular weight is 356 g/mol. The van der Waals surface area contributed by atoms with Crippen molar-refractivity contribution in [3.05, 3.63) is 57.8 Å². The highest BCUT2D eigenvalue weighted by Gasteiger charge is 2.24. The van der Waals surface area contributed by atoms with Gasteiger partial charge in [-0.25, -0.2) is 0 Å². The van der Waals surface area contributed by atoms with Gasteiger partial charge in [-0.15, -0.1) is 11.3 Å². The fourth-order valence-electron chi connectivity index (χ4n) is 3.10. The summed E-state index contributed by atoms with van der Waals surface area (Å²) in [6.45, 7) is 3.48. The number of thiophene rings is 1. The standard InChI is InChI=1S/C20H24N2O2S/c1-15-4-6-16(7-5-15)8-9-19(23)21-17-10-12-22(13-11-17)20(24)18-3-2-14-25-18/h2-7,14,17H,8-13H2,1H3,(H,21,23). The highest BCUT2D eigenvalue weighted by atomic mass is 32.1. The summed E-state index contributed by atoms with van der Waals surface area (Å²) in [5, 5.41) is 5.05. The molecule has 0 spiro atoms. The van der Waals surface area contributed by atoms with Gasteiger partial charge in [-0.1, -0.05) is 35.9 Å². The second-order valence-corrected chi connectivity index (χ2v) is 7.54. The number of aryl methyl sites for hydroxylation is 2. The zero-order valence-electron chi connectivity index (χ0n) is 14.5. The minimum absolute atomic E-state index is 0.101. The van der Waals surface area contributed by atoms with E-state index in [1.165, 1.54) is 22.5 Å². The number of carbonyl (C=O) groups excluding carboxylic acids is 2. The number of rotatable bonds is 5. The molecule has 0 saturated carbocycles. The van der Waals surface area contributed by atoms with Crippen molar-refractivity contribution in [2.75, 3.05) is 13.1 Å². The molecule has 0 radical (unpaired) electrons. The molecule has 132 valence electrons. The van der Waals surface area contributed by atoms with Crippen molar-refractivity contribution in [1.29, 1.82) is 0 Å². The predicted octanol–water partition coefficient (Wildman–Crippen LogP) is 3.41. The van der Waals surface area contributed by atoms with Gasteiger partial charge in [0.25, 0.3) is 5.91 Å². The highest BCUT2D eigenvalue weighted by molar-refractivity contribution is 7.12. The molecule has 2 heterocycles. The lowest BCUT2D eigenvalue weighted by atomic mass is 10.0. The Labute approximate surface area is 152 Å². The zero-order chi connectivity index (χ0) is 17.6. The molecule has 5 heteroatoms. The topological polar surface area (TPSA) is 49.4 Å². The van der Waals surface area contributed by atoms with E-state index in [1.807, 2.05) is 22.4 Å². The van der Waals surface area contributed by atoms with Crippen molar-refractivity contribution < 1.29 is 9.59 Å². The quantitative estimate of drug-likeness (QED) is 0.892. The SMILES string of the molecule is Cc1ccc(CCC(=O)NC2CCN(C(=O)c3cccs3)CC2)cc1. The first-order valence-corrected chi connectivity index (χ1v) is 9.67. The number of likely N-dealkylation sites (tertiary alicyclic amines) is 1. The summed E-state index contributed by atoms with van der Waals surface area (Å²) < 4.78 is 0. The molecule has 3 rings (SSSR count). The van der Waals surface area contributed by atoms with Crippen molar-refractivity contribution in [2.24, 2.45) is 0 Å². The summed E-state index contributed by atoms with van der Waals surface area (Å²) >= 11 is 1.48. The molecule has 0 atom stereocenters. The van der Waals surface area contributed by atoms with E-state index in [9.17, 15) is 9.59 Å². The first kappa shape index (κ1) is 17.7. The van der Waals surface area contributed by atoms with Gasteiger partial charge >= 0.3 is 0 Å². The van der Waals surface area contributed by atoms with Crippen LogP contribution in [0.2, 0.25) is 0 Å². The van der Waals surface area contributed by atoms with Gasteiger partial charge in [0.05, 0.1) is 4.88 Å². The molecule has 1 aliphatic heterocycles. The van der Waals surface area contributed by atoms with Gasteiger partial charge in [-0.3, -0.25) is 9.59 Å². The van der Waals surface area contributed by atoms with E-state index in [1.54, 1.807) is 0 Å². The molecule has 1 aromatic heterocycles. The molecule has 1 aromatic carbocycles. The number of nitrogens with one attached hydrogen (secondary N) is 1. The molecule has 4 nitrogen and oxygen atoms in total. The molecule has 2 amide bonds. The predicted molar refractivity (Wildman–Crippen MR) is 101 cm³/mol. The van der Waals surface area contributed by atoms with Crippen LogP contribution in [0.15, 0.2) is 41.8 Å². The second kappa shape index (κ2) is 8.30. The number of amides is 2. The van der Waals surface area contributed by atoms with E-state index in [4.69, 9.17) is 0 Å². The summed E-state index contributed by atoms with van der Waals surface area (Å²) in [4.78, 5) is 27.2. The molecule has 1 aliphatic rings. The molecule has 0 aliphatic carbocycles. The Balaban J connectivity index is 1.40. The molecule has 0 bridgehead atoms. The van der Waals surface area contributed by atoms with Crippen LogP contribution >= 0.6 is 11.3 Å². The molecule has 2 aromatic rings. The highest BCUT2D eigenvalue weighted by Crippen LogP contribution is 2.17. The van der Waals surface area contributed by atoms with Crippen LogP contribution in [0, 0.1) is 6.92 Å². The Kier molecular flexibility index (Phi) is 5.87. The average Bonchev–Trinajstić information content (AvgIpc) is 3.16. The Morgan fingerprint density at radius 3 is 2.52 bits per heavy atom. The molecular formula is C20H24N2O2S. The molecule has 1 fully saturated rings. The van der Waals surface area contributed by atoms with Gasteiger partial charge in [0, 0.05) is 25.6 Å². The third-order valence-corrected chi connectivity index (χ3v) is 5.50. The summed E-state index contributed by atoms with van der Waals surface area (Å²) in [5.41, 5.74) is 2.43. The van der Waals surface area contributed by atoms with Crippen LogP contribution in [0.1, 0.15) is 40.1 Å². The van der Waals surface area contributed by atoms with Crippen molar-refractivity contribution in [1.82, 2.24) is 10.2 Å². The van der Waals surface area contributed by atoms with E-state index >= 15 is 0 Å². The van der Waals surface area contributed by atoms with E-state index in [0.717, 1.165) is 24.1 Å². The third kappa shape index (κ3) is 4.92. The van der Waals surface area contributed by atoms with Crippen LogP contribution in [0.4, 0.5) is 0 Å².